The molecule has 0 aliphatic carbocycles. The quantitative estimate of drug-likeness (QED) is 0.841. The highest BCUT2D eigenvalue weighted by Gasteiger charge is 2.26. The number of ether oxygens (including phenoxy) is 2. The summed E-state index contributed by atoms with van der Waals surface area (Å²) in [6.07, 6.45) is -0.437. The first-order valence-electron chi connectivity index (χ1n) is 8.02. The fourth-order valence-electron chi connectivity index (χ4n) is 2.83. The summed E-state index contributed by atoms with van der Waals surface area (Å²) in [6.45, 7) is -1.87. The third-order valence-electron chi connectivity index (χ3n) is 4.05. The van der Waals surface area contributed by atoms with Crippen molar-refractivity contribution in [2.75, 3.05) is 19.7 Å². The number of hydrogen-bond donors (Lipinski definition) is 0. The van der Waals surface area contributed by atoms with E-state index < -0.39 is 12.7 Å². The lowest BCUT2D eigenvalue weighted by molar-refractivity contribution is -0.0504. The Morgan fingerprint density at radius 1 is 1.27 bits per heavy atom. The molecule has 7 heteroatoms. The Kier molecular flexibility index (Phi) is 5.44. The van der Waals surface area contributed by atoms with Crippen LogP contribution in [0.2, 0.25) is 0 Å². The molecule has 26 heavy (non-hydrogen) atoms. The molecule has 1 heterocycles. The molecule has 1 fully saturated rings. The van der Waals surface area contributed by atoms with Gasteiger partial charge in [-0.1, -0.05) is 18.2 Å². The second-order valence-electron chi connectivity index (χ2n) is 5.75. The number of amides is 1. The van der Waals surface area contributed by atoms with E-state index in [4.69, 9.17) is 10.00 Å². The molecule has 134 valence electrons. The van der Waals surface area contributed by atoms with E-state index in [1.165, 1.54) is 12.1 Å². The lowest BCUT2D eigenvalue weighted by atomic mass is 10.1. The van der Waals surface area contributed by atoms with Gasteiger partial charge in [0.05, 0.1) is 24.8 Å². The van der Waals surface area contributed by atoms with Crippen LogP contribution < -0.4 is 4.74 Å². The van der Waals surface area contributed by atoms with Crippen LogP contribution >= 0.6 is 0 Å². The molecule has 0 radical (unpaired) electrons. The van der Waals surface area contributed by atoms with Crippen LogP contribution in [0.1, 0.15) is 27.6 Å². The number of nitrogens with zero attached hydrogens (tertiary/aromatic N) is 2. The highest BCUT2D eigenvalue weighted by Crippen LogP contribution is 2.27. The summed E-state index contributed by atoms with van der Waals surface area (Å²) in [7, 11) is 0. The Balaban J connectivity index is 1.75. The predicted molar refractivity (Wildman–Crippen MR) is 88.8 cm³/mol. The van der Waals surface area contributed by atoms with Crippen molar-refractivity contribution in [2.24, 2.45) is 0 Å². The number of morpholine rings is 1. The first kappa shape index (κ1) is 17.8. The predicted octanol–water partition coefficient (Wildman–Crippen LogP) is 3.37. The van der Waals surface area contributed by atoms with Crippen molar-refractivity contribution in [3.63, 3.8) is 0 Å². The van der Waals surface area contributed by atoms with E-state index in [9.17, 15) is 13.6 Å². The van der Waals surface area contributed by atoms with Gasteiger partial charge in [-0.05, 0) is 35.9 Å². The minimum atomic E-state index is -2.90. The molecule has 1 atom stereocenters. The summed E-state index contributed by atoms with van der Waals surface area (Å²) < 4.78 is 34.9. The number of rotatable bonds is 4. The zero-order chi connectivity index (χ0) is 18.5. The van der Waals surface area contributed by atoms with Gasteiger partial charge in [0, 0.05) is 12.1 Å². The number of benzene rings is 2. The van der Waals surface area contributed by atoms with E-state index in [0.717, 1.165) is 0 Å². The summed E-state index contributed by atoms with van der Waals surface area (Å²) in [5.74, 6) is -0.151. The minimum Gasteiger partial charge on any atom is -0.435 e. The molecular formula is C19H16F2N2O3. The molecule has 2 aromatic carbocycles. The van der Waals surface area contributed by atoms with Crippen molar-refractivity contribution < 1.29 is 23.0 Å². The fraction of sp³-hybridized carbons (Fsp3) is 0.263. The molecule has 1 aliphatic heterocycles. The average molecular weight is 358 g/mol. The van der Waals surface area contributed by atoms with Crippen molar-refractivity contribution in [3.8, 4) is 11.8 Å². The van der Waals surface area contributed by atoms with Gasteiger partial charge in [0.25, 0.3) is 5.91 Å². The van der Waals surface area contributed by atoms with Crippen molar-refractivity contribution in [1.29, 1.82) is 5.26 Å². The highest BCUT2D eigenvalue weighted by molar-refractivity contribution is 5.94. The highest BCUT2D eigenvalue weighted by atomic mass is 19.3. The Morgan fingerprint density at radius 3 is 2.85 bits per heavy atom. The van der Waals surface area contributed by atoms with Gasteiger partial charge in [-0.25, -0.2) is 0 Å². The van der Waals surface area contributed by atoms with Crippen molar-refractivity contribution >= 4 is 5.91 Å². The van der Waals surface area contributed by atoms with Crippen molar-refractivity contribution in [1.82, 2.24) is 4.90 Å². The van der Waals surface area contributed by atoms with Gasteiger partial charge < -0.3 is 14.4 Å². The Labute approximate surface area is 149 Å². The van der Waals surface area contributed by atoms with Gasteiger partial charge in [-0.3, -0.25) is 4.79 Å². The molecule has 1 aliphatic rings. The van der Waals surface area contributed by atoms with E-state index in [2.05, 4.69) is 4.74 Å². The SMILES string of the molecule is N#Cc1cccc(C(=O)N2CCOC(c3cccc(OC(F)F)c3)C2)c1. The summed E-state index contributed by atoms with van der Waals surface area (Å²) in [6, 6.07) is 14.8. The molecule has 3 rings (SSSR count). The van der Waals surface area contributed by atoms with E-state index >= 15 is 0 Å². The second-order valence-corrected chi connectivity index (χ2v) is 5.75. The summed E-state index contributed by atoms with van der Waals surface area (Å²) in [4.78, 5) is 14.3. The average Bonchev–Trinajstić information content (AvgIpc) is 2.67. The van der Waals surface area contributed by atoms with Gasteiger partial charge in [-0.2, -0.15) is 14.0 Å². The van der Waals surface area contributed by atoms with Crippen LogP contribution in [0.5, 0.6) is 5.75 Å². The van der Waals surface area contributed by atoms with Gasteiger partial charge >= 0.3 is 6.61 Å². The monoisotopic (exact) mass is 358 g/mol. The third kappa shape index (κ3) is 4.16. The number of carbonyl (C=O) groups is 1. The molecule has 0 spiro atoms. The smallest absolute Gasteiger partial charge is 0.387 e. The van der Waals surface area contributed by atoms with Crippen LogP contribution in [0.15, 0.2) is 48.5 Å². The van der Waals surface area contributed by atoms with Crippen LogP contribution in [0.3, 0.4) is 0 Å². The lowest BCUT2D eigenvalue weighted by Gasteiger charge is -2.33. The lowest BCUT2D eigenvalue weighted by Crippen LogP contribution is -2.42. The maximum Gasteiger partial charge on any atom is 0.387 e. The first-order valence-corrected chi connectivity index (χ1v) is 8.02. The third-order valence-corrected chi connectivity index (χ3v) is 4.05. The number of alkyl halides is 2. The Hall–Kier alpha value is -2.98. The molecule has 0 N–H and O–H groups in total. The normalized spacial score (nSPS) is 17.0. The molecule has 1 unspecified atom stereocenters. The minimum absolute atomic E-state index is 0.0475. The number of nitriles is 1. The zero-order valence-electron chi connectivity index (χ0n) is 13.8. The summed E-state index contributed by atoms with van der Waals surface area (Å²) in [5.41, 5.74) is 1.50. The van der Waals surface area contributed by atoms with E-state index in [1.54, 1.807) is 41.3 Å². The van der Waals surface area contributed by atoms with E-state index in [1.807, 2.05) is 6.07 Å². The van der Waals surface area contributed by atoms with E-state index in [-0.39, 0.29) is 18.2 Å². The molecule has 1 saturated heterocycles. The van der Waals surface area contributed by atoms with E-state index in [0.29, 0.717) is 29.8 Å². The van der Waals surface area contributed by atoms with Crippen LogP contribution in [0.25, 0.3) is 0 Å². The Bertz CT molecular complexity index is 836. The van der Waals surface area contributed by atoms with Crippen LogP contribution in [-0.2, 0) is 4.74 Å². The topological polar surface area (TPSA) is 62.6 Å². The van der Waals surface area contributed by atoms with Crippen LogP contribution in [0, 0.1) is 11.3 Å². The molecule has 0 bridgehead atoms. The number of halogens is 2. The first-order chi connectivity index (χ1) is 12.6. The maximum atomic E-state index is 12.7. The molecule has 0 saturated carbocycles. The molecule has 1 amide bonds. The van der Waals surface area contributed by atoms with Gasteiger partial charge in [0.1, 0.15) is 11.9 Å². The van der Waals surface area contributed by atoms with Crippen molar-refractivity contribution in [2.45, 2.75) is 12.7 Å². The van der Waals surface area contributed by atoms with Crippen LogP contribution in [-0.4, -0.2) is 37.1 Å². The maximum absolute atomic E-state index is 12.7. The fourth-order valence-corrected chi connectivity index (χ4v) is 2.83. The largest absolute Gasteiger partial charge is 0.435 e. The number of carbonyl (C=O) groups excluding carboxylic acids is 1. The van der Waals surface area contributed by atoms with Crippen LogP contribution in [0.4, 0.5) is 8.78 Å². The van der Waals surface area contributed by atoms with Gasteiger partial charge in [0.15, 0.2) is 0 Å². The summed E-state index contributed by atoms with van der Waals surface area (Å²) >= 11 is 0. The van der Waals surface area contributed by atoms with Gasteiger partial charge in [0.2, 0.25) is 0 Å². The van der Waals surface area contributed by atoms with Crippen molar-refractivity contribution in [3.05, 3.63) is 65.2 Å². The second kappa shape index (κ2) is 7.93. The Morgan fingerprint density at radius 2 is 2.08 bits per heavy atom. The molecule has 0 aromatic heterocycles. The summed E-state index contributed by atoms with van der Waals surface area (Å²) in [5, 5.41) is 8.97. The molecule has 5 nitrogen and oxygen atoms in total. The zero-order valence-corrected chi connectivity index (χ0v) is 13.8. The number of hydrogen-bond acceptors (Lipinski definition) is 4. The van der Waals surface area contributed by atoms with Gasteiger partial charge in [-0.15, -0.1) is 0 Å². The molecular weight excluding hydrogens is 342 g/mol. The molecule has 2 aromatic rings. The standard InChI is InChI=1S/C19H16F2N2O3/c20-19(21)26-16-6-2-4-14(10-16)17-12-23(7-8-25-17)18(24)15-5-1-3-13(9-15)11-22/h1-6,9-10,17,19H,7-8,12H2.